The molecule has 0 bridgehead atoms. The van der Waals surface area contributed by atoms with Gasteiger partial charge in [0.1, 0.15) is 12.7 Å². The number of halogens is 2. The molecule has 2 N–H and O–H groups in total. The van der Waals surface area contributed by atoms with Crippen molar-refractivity contribution < 1.29 is 24.4 Å². The molecule has 0 radical (unpaired) electrons. The highest BCUT2D eigenvalue weighted by Gasteiger charge is 2.33. The molecule has 1 aliphatic rings. The predicted octanol–water partition coefficient (Wildman–Crippen LogP) is 5.49. The van der Waals surface area contributed by atoms with Gasteiger partial charge in [-0.3, -0.25) is 14.9 Å². The maximum absolute atomic E-state index is 13.7. The van der Waals surface area contributed by atoms with Crippen LogP contribution in [0.3, 0.4) is 0 Å². The van der Waals surface area contributed by atoms with Gasteiger partial charge >= 0.3 is 6.09 Å². The van der Waals surface area contributed by atoms with E-state index < -0.39 is 40.5 Å². The van der Waals surface area contributed by atoms with Crippen molar-refractivity contribution in [2.75, 3.05) is 49.5 Å². The van der Waals surface area contributed by atoms with Crippen molar-refractivity contribution >= 4 is 75.4 Å². The molecule has 42 heavy (non-hydrogen) atoms. The maximum atomic E-state index is 13.7. The summed E-state index contributed by atoms with van der Waals surface area (Å²) >= 11 is 13.0. The molecule has 2 amide bonds. The van der Waals surface area contributed by atoms with Gasteiger partial charge in [-0.15, -0.1) is 0 Å². The third kappa shape index (κ3) is 6.84. The van der Waals surface area contributed by atoms with Crippen molar-refractivity contribution in [2.45, 2.75) is 26.8 Å². The third-order valence-electron chi connectivity index (χ3n) is 6.54. The fourth-order valence-electron chi connectivity index (χ4n) is 4.25. The molecule has 0 unspecified atom stereocenters. The molecule has 1 heterocycles. The summed E-state index contributed by atoms with van der Waals surface area (Å²) in [7, 11) is 7.71. The molecule has 0 aliphatic carbocycles. The lowest BCUT2D eigenvalue weighted by atomic mass is 10.0. The van der Waals surface area contributed by atoms with E-state index in [1.165, 1.54) is 40.9 Å². The lowest BCUT2D eigenvalue weighted by molar-refractivity contribution is -0.384. The minimum Gasteiger partial charge on any atom is -0.447 e. The Bertz CT molecular complexity index is 1430. The Morgan fingerprint density at radius 2 is 1.50 bits per heavy atom. The predicted molar refractivity (Wildman–Crippen MR) is 165 cm³/mol. The number of hydrogen-bond donors (Lipinski definition) is 2. The van der Waals surface area contributed by atoms with Gasteiger partial charge in [0.2, 0.25) is 0 Å². The summed E-state index contributed by atoms with van der Waals surface area (Å²) in [5.41, 5.74) is 3.20. The molecule has 14 heteroatoms. The molecular weight excluding hydrogens is 605 g/mol. The zero-order chi connectivity index (χ0) is 30.7. The minimum absolute atomic E-state index is 0.172. The number of alkyl halides is 2. The summed E-state index contributed by atoms with van der Waals surface area (Å²) in [6.07, 6.45) is -2.15. The van der Waals surface area contributed by atoms with Crippen LogP contribution in [0.25, 0.3) is 0 Å². The van der Waals surface area contributed by atoms with Gasteiger partial charge in [0, 0.05) is 61.5 Å². The number of rotatable bonds is 9. The third-order valence-corrected chi connectivity index (χ3v) is 8.03. The Hall–Kier alpha value is -3.71. The smallest absolute Gasteiger partial charge is 0.419 e. The molecule has 3 aromatic carbocycles. The number of nitrogens with one attached hydrogen (secondary N) is 1. The number of nitro groups is 1. The molecule has 0 aromatic heterocycles. The van der Waals surface area contributed by atoms with Crippen LogP contribution in [0.5, 0.6) is 0 Å². The highest BCUT2D eigenvalue weighted by atomic mass is 35.5. The van der Waals surface area contributed by atoms with E-state index in [0.29, 0.717) is 11.4 Å². The highest BCUT2D eigenvalue weighted by Crippen LogP contribution is 2.50. The Balaban J connectivity index is 1.64. The van der Waals surface area contributed by atoms with Crippen LogP contribution in [0, 0.1) is 10.1 Å². The molecule has 11 nitrogen and oxygen atoms in total. The number of amides is 2. The first-order chi connectivity index (χ1) is 19.9. The number of benzene rings is 3. The van der Waals surface area contributed by atoms with E-state index in [0.717, 1.165) is 21.2 Å². The fourth-order valence-corrected chi connectivity index (χ4v) is 5.50. The molecule has 4 rings (SSSR count). The number of aliphatic hydroxyl groups excluding tert-OH is 1. The molecule has 222 valence electrons. The summed E-state index contributed by atoms with van der Waals surface area (Å²) in [4.78, 5) is 42.1. The fraction of sp³-hybridized carbons (Fsp3) is 0.286. The molecule has 0 saturated carbocycles. The standard InChI is InChI=1S/C28H29Cl2N5O6S/c1-32(2)18-9-11-21-23(13-18)42-24-14-19(33(3)4)10-12-22(24)34(21)28(38)41-15-20(31-27(37)26(29)30)25(36)16-5-7-17(8-6-16)35(39)40/h5-14,20,25-26,36H,15H2,1-4H3,(H,31,37)/t20-,25-/m0/s1. The second-order valence-electron chi connectivity index (χ2n) is 9.82. The number of nitrogens with zero attached hydrogens (tertiary/aromatic N) is 4. The normalized spacial score (nSPS) is 13.5. The Morgan fingerprint density at radius 1 is 0.976 bits per heavy atom. The molecule has 2 atom stereocenters. The maximum Gasteiger partial charge on any atom is 0.419 e. The van der Waals surface area contributed by atoms with Gasteiger partial charge in [0.05, 0.1) is 22.3 Å². The van der Waals surface area contributed by atoms with Crippen LogP contribution in [-0.4, -0.2) is 67.7 Å². The highest BCUT2D eigenvalue weighted by molar-refractivity contribution is 7.99. The van der Waals surface area contributed by atoms with E-state index in [2.05, 4.69) is 5.32 Å². The number of ether oxygens (including phenoxy) is 1. The summed E-state index contributed by atoms with van der Waals surface area (Å²) in [6.45, 7) is -0.455. The minimum atomic E-state index is -1.44. The van der Waals surface area contributed by atoms with E-state index in [9.17, 15) is 24.8 Å². The van der Waals surface area contributed by atoms with Crippen LogP contribution in [0.4, 0.5) is 33.2 Å². The number of hydrogen-bond acceptors (Lipinski definition) is 9. The monoisotopic (exact) mass is 633 g/mol. The SMILES string of the molecule is CN(C)c1ccc2c(c1)Sc1cc(N(C)C)ccc1N2C(=O)OC[C@H](NC(=O)C(Cl)Cl)[C@@H](O)c1ccc([N+](=O)[O-])cc1. The quantitative estimate of drug-likeness (QED) is 0.178. The number of carbonyl (C=O) groups excluding carboxylic acids is 2. The number of fused-ring (bicyclic) bond motifs is 2. The van der Waals surface area contributed by atoms with Crippen molar-refractivity contribution in [2.24, 2.45) is 0 Å². The van der Waals surface area contributed by atoms with Gasteiger partial charge in [-0.25, -0.2) is 9.69 Å². The number of nitro benzene ring substituents is 1. The first-order valence-corrected chi connectivity index (χ1v) is 14.3. The van der Waals surface area contributed by atoms with E-state index in [4.69, 9.17) is 27.9 Å². The van der Waals surface area contributed by atoms with E-state index >= 15 is 0 Å². The van der Waals surface area contributed by atoms with Gasteiger partial charge in [-0.1, -0.05) is 35.0 Å². The molecule has 0 spiro atoms. The van der Waals surface area contributed by atoms with Crippen LogP contribution in [0.1, 0.15) is 11.7 Å². The van der Waals surface area contributed by atoms with E-state index in [1.807, 2.05) is 74.4 Å². The van der Waals surface area contributed by atoms with Crippen LogP contribution in [-0.2, 0) is 9.53 Å². The first kappa shape index (κ1) is 31.2. The van der Waals surface area contributed by atoms with Crippen molar-refractivity contribution in [3.63, 3.8) is 0 Å². The topological polar surface area (TPSA) is 128 Å². The lowest BCUT2D eigenvalue weighted by Crippen LogP contribution is -2.45. The zero-order valence-electron chi connectivity index (χ0n) is 23.2. The summed E-state index contributed by atoms with van der Waals surface area (Å²) < 4.78 is 5.69. The van der Waals surface area contributed by atoms with Gasteiger partial charge < -0.3 is 25.0 Å². The van der Waals surface area contributed by atoms with Gasteiger partial charge in [-0.2, -0.15) is 0 Å². The summed E-state index contributed by atoms with van der Waals surface area (Å²) in [5, 5.41) is 24.6. The van der Waals surface area contributed by atoms with Crippen molar-refractivity contribution in [1.29, 1.82) is 0 Å². The molecule has 0 fully saturated rings. The van der Waals surface area contributed by atoms with Crippen molar-refractivity contribution in [3.8, 4) is 0 Å². The van der Waals surface area contributed by atoms with E-state index in [-0.39, 0.29) is 11.3 Å². The molecule has 0 saturated heterocycles. The Morgan fingerprint density at radius 3 is 1.95 bits per heavy atom. The van der Waals surface area contributed by atoms with Gasteiger partial charge in [0.25, 0.3) is 11.6 Å². The van der Waals surface area contributed by atoms with Crippen LogP contribution < -0.4 is 20.0 Å². The van der Waals surface area contributed by atoms with Crippen LogP contribution in [0.2, 0.25) is 0 Å². The summed E-state index contributed by atoms with van der Waals surface area (Å²) in [5.74, 6) is -0.808. The van der Waals surface area contributed by atoms with Crippen LogP contribution in [0.15, 0.2) is 70.5 Å². The average molecular weight is 635 g/mol. The summed E-state index contributed by atoms with van der Waals surface area (Å²) in [6, 6.07) is 15.4. The van der Waals surface area contributed by atoms with E-state index in [1.54, 1.807) is 0 Å². The number of carbonyl (C=O) groups is 2. The van der Waals surface area contributed by atoms with Gasteiger partial charge in [-0.05, 0) is 54.1 Å². The lowest BCUT2D eigenvalue weighted by Gasteiger charge is -2.32. The van der Waals surface area contributed by atoms with Crippen LogP contribution >= 0.6 is 35.0 Å². The average Bonchev–Trinajstić information content (AvgIpc) is 2.96. The molecular formula is C28H29Cl2N5O6S. The number of anilines is 4. The second kappa shape index (κ2) is 13.1. The number of aliphatic hydroxyl groups is 1. The largest absolute Gasteiger partial charge is 0.447 e. The molecule has 3 aromatic rings. The van der Waals surface area contributed by atoms with Crippen molar-refractivity contribution in [3.05, 3.63) is 76.3 Å². The first-order valence-electron chi connectivity index (χ1n) is 12.7. The zero-order valence-corrected chi connectivity index (χ0v) is 25.5. The van der Waals surface area contributed by atoms with Crippen molar-refractivity contribution in [1.82, 2.24) is 5.32 Å². The second-order valence-corrected chi connectivity index (χ2v) is 12.0. The Kier molecular flexibility index (Phi) is 9.72. The number of non-ortho nitro benzene ring substituents is 1. The van der Waals surface area contributed by atoms with Gasteiger partial charge in [0.15, 0.2) is 4.84 Å². The Labute approximate surface area is 257 Å². The molecule has 1 aliphatic heterocycles.